The number of aliphatic hydroxyl groups excluding tert-OH is 5. The molecule has 14 rings (SSSR count). The van der Waals surface area contributed by atoms with Crippen molar-refractivity contribution in [2.45, 2.75) is 250 Å². The van der Waals surface area contributed by atoms with E-state index in [0.29, 0.717) is 37.7 Å². The van der Waals surface area contributed by atoms with Crippen LogP contribution in [0.2, 0.25) is 0 Å². The molecule has 0 amide bonds. The molecule has 0 aromatic rings. The number of carbonyl (C=O) groups excluding carboxylic acids is 8. The van der Waals surface area contributed by atoms with Gasteiger partial charge in [-0.25, -0.2) is 18.0 Å². The predicted molar refractivity (Wildman–Crippen MR) is 343 cm³/mol. The standard InChI is InChI=1S/C27H36O8.C24H30F2O6.C24H33FO6/c1-5-22(31)34-15-21(30)27(35-24(32)33-6-2)12-10-19-18-8-7-16-13-17(28)9-11-25(16,3)23(18)20(29)14-26(19,27)4;1-20(2)31-19-9-13-14-8-16(25)15-7-12(28)5-6-21(15,3)23(14,26)17(29)10-22(13,4)24(19,32-20)18(30)11-27;1-21(2)30-19-9-14-13-8-16(25)15-7-12(27)5-6-22(15,3)20(13)17(28)10-23(14,4)24(19,31-21)18(29)11-26/h9,11,13,18-20,23,29H,5-8,10,12,14-15H2,1-4H3;5-7,13-14,16-17,19,27,29H,8-11H2,1-4H3;7,13-14,16-17,19-20,26,28H,5-6,8-11H2,1-4H3/t18-,19-,20-,23+,25-,26-,27-;13-,14-,16-,17-,19+,21-,22-,23-,24+;13-,14-,16-,17-,19+,20+,22-,23-,24+/m000/s1. The quantitative estimate of drug-likeness (QED) is 0.128. The fourth-order valence-corrected chi connectivity index (χ4v) is 24.0. The first kappa shape index (κ1) is 72.7. The van der Waals surface area contributed by atoms with Gasteiger partial charge in [0.25, 0.3) is 0 Å². The topological polar surface area (TPSA) is 302 Å². The zero-order valence-corrected chi connectivity index (χ0v) is 58.4. The summed E-state index contributed by atoms with van der Waals surface area (Å²) in [5.74, 6) is -6.49. The van der Waals surface area contributed by atoms with Crippen LogP contribution in [0.25, 0.3) is 0 Å². The van der Waals surface area contributed by atoms with Gasteiger partial charge in [0.2, 0.25) is 5.78 Å². The highest BCUT2D eigenvalue weighted by atomic mass is 19.1. The molecule has 0 bridgehead atoms. The van der Waals surface area contributed by atoms with Gasteiger partial charge < -0.3 is 58.7 Å². The lowest BCUT2D eigenvalue weighted by molar-refractivity contribution is -0.248. The van der Waals surface area contributed by atoms with Crippen molar-refractivity contribution in [3.8, 4) is 0 Å². The lowest BCUT2D eigenvalue weighted by Crippen LogP contribution is -2.71. The van der Waals surface area contributed by atoms with Crippen LogP contribution in [0.15, 0.2) is 59.3 Å². The molecule has 0 radical (unpaired) electrons. The van der Waals surface area contributed by atoms with Crippen molar-refractivity contribution < 1.29 is 110 Å². The smallest absolute Gasteiger partial charge is 0.457 e. The van der Waals surface area contributed by atoms with E-state index < -0.39 is 176 Å². The van der Waals surface area contributed by atoms with Crippen LogP contribution in [-0.2, 0) is 66.7 Å². The van der Waals surface area contributed by atoms with Gasteiger partial charge in [0.1, 0.15) is 25.6 Å². The van der Waals surface area contributed by atoms with Crippen LogP contribution in [0.3, 0.4) is 0 Å². The van der Waals surface area contributed by atoms with Crippen LogP contribution >= 0.6 is 0 Å². The Labute approximate surface area is 570 Å². The third-order valence-electron chi connectivity index (χ3n) is 27.8. The average molecular weight is 1380 g/mol. The Kier molecular flexibility index (Phi) is 18.0. The number of carbonyl (C=O) groups is 8. The summed E-state index contributed by atoms with van der Waals surface area (Å²) in [7, 11) is 0. The number of ether oxygens (including phenoxy) is 7. The second kappa shape index (κ2) is 24.3. The zero-order chi connectivity index (χ0) is 71.6. The number of hydrogen-bond acceptors (Lipinski definition) is 20. The molecule has 9 saturated carbocycles. The molecule has 25 atom stereocenters. The number of fused-ring (bicyclic) bond motifs is 19. The van der Waals surface area contributed by atoms with Crippen molar-refractivity contribution in [2.24, 2.45) is 79.8 Å². The van der Waals surface area contributed by atoms with Crippen LogP contribution in [0.1, 0.15) is 173 Å². The maximum atomic E-state index is 17.1. The van der Waals surface area contributed by atoms with Gasteiger partial charge in [-0.05, 0) is 201 Å². The van der Waals surface area contributed by atoms with Gasteiger partial charge in [0, 0.05) is 51.8 Å². The molecule has 23 heteroatoms. The monoisotopic (exact) mass is 1380 g/mol. The molecule has 14 aliphatic rings. The molecule has 2 heterocycles. The summed E-state index contributed by atoms with van der Waals surface area (Å²) in [4.78, 5) is 100. The van der Waals surface area contributed by atoms with E-state index in [2.05, 4.69) is 6.92 Å². The van der Waals surface area contributed by atoms with Crippen molar-refractivity contribution in [1.29, 1.82) is 0 Å². The van der Waals surface area contributed by atoms with E-state index in [1.165, 1.54) is 25.2 Å². The molecule has 12 aliphatic carbocycles. The minimum absolute atomic E-state index is 0.000515. The Morgan fingerprint density at radius 3 is 1.79 bits per heavy atom. The molecule has 540 valence electrons. The minimum atomic E-state index is -2.24. The van der Waals surface area contributed by atoms with E-state index in [4.69, 9.17) is 33.2 Å². The van der Waals surface area contributed by atoms with Gasteiger partial charge in [0.05, 0.1) is 37.1 Å². The fourth-order valence-electron chi connectivity index (χ4n) is 24.0. The Balaban J connectivity index is 0.000000140. The Hall–Kier alpha value is -5.11. The number of hydrogen-bond donors (Lipinski definition) is 5. The number of Topliss-reactive ketones (excluding diaryl/α,β-unsaturated/α-hetero) is 3. The first-order valence-corrected chi connectivity index (χ1v) is 35.4. The molecule has 0 unspecified atom stereocenters. The number of aliphatic hydroxyl groups is 5. The van der Waals surface area contributed by atoms with Crippen molar-refractivity contribution >= 4 is 46.8 Å². The lowest BCUT2D eigenvalue weighted by atomic mass is 9.44. The van der Waals surface area contributed by atoms with Crippen LogP contribution in [0.5, 0.6) is 0 Å². The predicted octanol–water partition coefficient (Wildman–Crippen LogP) is 8.56. The maximum absolute atomic E-state index is 17.1. The largest absolute Gasteiger partial charge is 0.509 e. The summed E-state index contributed by atoms with van der Waals surface area (Å²) >= 11 is 0. The first-order chi connectivity index (χ1) is 45.7. The molecule has 20 nitrogen and oxygen atoms in total. The van der Waals surface area contributed by atoms with Crippen molar-refractivity contribution in [3.63, 3.8) is 0 Å². The van der Waals surface area contributed by atoms with Gasteiger partial charge in [-0.2, -0.15) is 0 Å². The molecule has 2 saturated heterocycles. The number of esters is 1. The molecule has 11 fully saturated rings. The average Bonchev–Trinajstić information content (AvgIpc) is 1.44. The lowest BCUT2D eigenvalue weighted by Gasteiger charge is -2.63. The Bertz CT molecular complexity index is 3520. The second-order valence-electron chi connectivity index (χ2n) is 33.2. The number of rotatable bonds is 10. The molecule has 5 N–H and O–H groups in total. The molecular formula is C75H99F3O20. The summed E-state index contributed by atoms with van der Waals surface area (Å²) in [5.41, 5.74) is -10.3. The van der Waals surface area contributed by atoms with Gasteiger partial charge >= 0.3 is 12.1 Å². The van der Waals surface area contributed by atoms with Gasteiger partial charge in [0.15, 0.2) is 69.6 Å². The SMILES string of the molecule is CC1(C)O[C@@H]2C[C@H]3[C@@H]4C[C@H](F)C5=CC(=O)C=C[C@]5(C)[C@@]4(F)[C@@H](O)C[C@]3(C)[C@]2(C(=O)CO)O1.CC1(C)O[C@@H]2C[C@H]3[C@@H]4C[C@H](F)C5=CC(=O)CC[C@]5(C)[C@H]4[C@@H](O)C[C@]3(C)[C@]2(C(=O)CO)O1.CCOC(=O)O[C@]1(C(=O)COC(=O)CC)CC[C@H]2[C@@H]3CCC4=CC(=O)C=C[C@]4(C)[C@H]3[C@@H](O)C[C@@]21C. The Morgan fingerprint density at radius 1 is 0.602 bits per heavy atom. The maximum Gasteiger partial charge on any atom is 0.509 e. The number of halogens is 3. The van der Waals surface area contributed by atoms with E-state index in [1.54, 1.807) is 60.6 Å². The molecule has 98 heavy (non-hydrogen) atoms. The highest BCUT2D eigenvalue weighted by Gasteiger charge is 2.82. The molecule has 0 spiro atoms. The summed E-state index contributed by atoms with van der Waals surface area (Å²) in [5, 5.41) is 54.0. The number of alkyl halides is 3. The van der Waals surface area contributed by atoms with Crippen LogP contribution in [-0.4, -0.2) is 176 Å². The van der Waals surface area contributed by atoms with E-state index >= 15 is 13.2 Å². The highest BCUT2D eigenvalue weighted by molar-refractivity contribution is 6.02. The van der Waals surface area contributed by atoms with E-state index in [-0.39, 0.29) is 104 Å². The number of ketones is 6. The summed E-state index contributed by atoms with van der Waals surface area (Å²) in [6.07, 6.45) is 7.03. The molecular weight excluding hydrogens is 1280 g/mol. The summed E-state index contributed by atoms with van der Waals surface area (Å²) in [6, 6.07) is 0. The third-order valence-corrected chi connectivity index (χ3v) is 27.8. The minimum Gasteiger partial charge on any atom is -0.457 e. The van der Waals surface area contributed by atoms with Gasteiger partial charge in [-0.1, -0.05) is 59.3 Å². The van der Waals surface area contributed by atoms with E-state index in [9.17, 15) is 63.9 Å². The summed E-state index contributed by atoms with van der Waals surface area (Å²) in [6.45, 7) is 19.5. The van der Waals surface area contributed by atoms with E-state index in [1.807, 2.05) is 26.8 Å². The zero-order valence-electron chi connectivity index (χ0n) is 58.4. The highest BCUT2D eigenvalue weighted by Crippen LogP contribution is 2.75. The molecule has 0 aromatic heterocycles. The van der Waals surface area contributed by atoms with Crippen LogP contribution in [0.4, 0.5) is 18.0 Å². The van der Waals surface area contributed by atoms with Crippen LogP contribution < -0.4 is 0 Å². The summed E-state index contributed by atoms with van der Waals surface area (Å²) < 4.78 is 88.8. The molecule has 0 aromatic carbocycles. The number of allylic oxidation sites excluding steroid dienone is 9. The first-order valence-electron chi connectivity index (χ1n) is 35.4. The van der Waals surface area contributed by atoms with Gasteiger partial charge in [-0.3, -0.25) is 33.6 Å². The van der Waals surface area contributed by atoms with Crippen molar-refractivity contribution in [1.82, 2.24) is 0 Å². The second-order valence-corrected chi connectivity index (χ2v) is 33.2. The van der Waals surface area contributed by atoms with E-state index in [0.717, 1.165) is 24.5 Å². The third kappa shape index (κ3) is 10.1. The van der Waals surface area contributed by atoms with Crippen molar-refractivity contribution in [2.75, 3.05) is 26.4 Å². The van der Waals surface area contributed by atoms with Gasteiger partial charge in [-0.15, -0.1) is 0 Å². The Morgan fingerprint density at radius 2 is 1.17 bits per heavy atom. The normalized spacial score (nSPS) is 48.1. The molecule has 2 aliphatic heterocycles. The van der Waals surface area contributed by atoms with Crippen molar-refractivity contribution in [3.05, 3.63) is 59.3 Å². The van der Waals surface area contributed by atoms with Crippen LogP contribution in [0, 0.1) is 79.8 Å². The fraction of sp³-hybridized carbons (Fsp3) is 0.760.